The van der Waals surface area contributed by atoms with Crippen molar-refractivity contribution in [2.45, 2.75) is 45.2 Å². The Labute approximate surface area is 118 Å². The fraction of sp³-hybridized carbons (Fsp3) is 0.538. The number of rotatable bonds is 3. The van der Waals surface area contributed by atoms with Gasteiger partial charge in [0.25, 0.3) is 0 Å². The van der Waals surface area contributed by atoms with E-state index in [-0.39, 0.29) is 17.7 Å². The van der Waals surface area contributed by atoms with Gasteiger partial charge in [0, 0.05) is 11.4 Å². The Morgan fingerprint density at radius 2 is 1.75 bits per heavy atom. The molecule has 2 nitrogen and oxygen atoms in total. The molecule has 1 rings (SSSR count). The van der Waals surface area contributed by atoms with Gasteiger partial charge in [0.05, 0.1) is 12.1 Å². The van der Waals surface area contributed by atoms with Gasteiger partial charge in [-0.05, 0) is 51.0 Å². The molecule has 7 heteroatoms. The molecular formula is C13H17F4NOS. The number of hydrogen-bond donors (Lipinski definition) is 1. The van der Waals surface area contributed by atoms with Crippen molar-refractivity contribution in [2.75, 3.05) is 0 Å². The van der Waals surface area contributed by atoms with Crippen LogP contribution in [0.2, 0.25) is 0 Å². The summed E-state index contributed by atoms with van der Waals surface area (Å²) in [6.45, 7) is 6.39. The summed E-state index contributed by atoms with van der Waals surface area (Å²) in [5.41, 5.74) is -0.914. The largest absolute Gasteiger partial charge is 0.598 e. The number of benzene rings is 1. The first-order valence-electron chi connectivity index (χ1n) is 5.94. The van der Waals surface area contributed by atoms with Crippen LogP contribution in [-0.2, 0) is 24.1 Å². The van der Waals surface area contributed by atoms with Crippen LogP contribution in [0.3, 0.4) is 0 Å². The summed E-state index contributed by atoms with van der Waals surface area (Å²) in [5, 5.41) is 0. The van der Waals surface area contributed by atoms with Gasteiger partial charge in [-0.1, -0.05) is 0 Å². The lowest BCUT2D eigenvalue weighted by Gasteiger charge is -2.24. The first-order chi connectivity index (χ1) is 8.93. The van der Waals surface area contributed by atoms with Crippen LogP contribution in [0.15, 0.2) is 12.1 Å². The molecule has 1 aromatic rings. The van der Waals surface area contributed by atoms with Gasteiger partial charge >= 0.3 is 6.18 Å². The standard InChI is InChI=1S/C13H17F4NOS/c1-8-9(7-18-20(19)12(2,3)4)5-10(14)6-11(8)13(15,16)17/h5-6,18H,7H2,1-4H3. The zero-order valence-corrected chi connectivity index (χ0v) is 12.5. The van der Waals surface area contributed by atoms with Gasteiger partial charge in [0.2, 0.25) is 0 Å². The van der Waals surface area contributed by atoms with Gasteiger partial charge in [-0.2, -0.15) is 13.2 Å². The number of nitrogens with one attached hydrogen (secondary N) is 1. The van der Waals surface area contributed by atoms with Gasteiger partial charge < -0.3 is 4.55 Å². The minimum Gasteiger partial charge on any atom is -0.598 e. The van der Waals surface area contributed by atoms with E-state index in [9.17, 15) is 22.1 Å². The molecule has 0 amide bonds. The van der Waals surface area contributed by atoms with E-state index in [2.05, 4.69) is 4.72 Å². The van der Waals surface area contributed by atoms with E-state index in [1.807, 2.05) is 0 Å². The molecule has 1 aromatic carbocycles. The Balaban J connectivity index is 3.00. The maximum Gasteiger partial charge on any atom is 0.416 e. The zero-order chi connectivity index (χ0) is 15.7. The van der Waals surface area contributed by atoms with E-state index in [1.165, 1.54) is 6.92 Å². The van der Waals surface area contributed by atoms with Gasteiger partial charge in [0.15, 0.2) is 0 Å². The minimum atomic E-state index is -4.61. The van der Waals surface area contributed by atoms with E-state index < -0.39 is 33.7 Å². The van der Waals surface area contributed by atoms with Crippen molar-refractivity contribution in [3.8, 4) is 0 Å². The average molecular weight is 311 g/mol. The summed E-state index contributed by atoms with van der Waals surface area (Å²) in [6, 6.07) is 1.50. The quantitative estimate of drug-likeness (QED) is 0.682. The summed E-state index contributed by atoms with van der Waals surface area (Å²) < 4.78 is 65.4. The van der Waals surface area contributed by atoms with E-state index in [0.29, 0.717) is 6.07 Å². The third-order valence-corrected chi connectivity index (χ3v) is 4.25. The van der Waals surface area contributed by atoms with Crippen LogP contribution in [0.4, 0.5) is 17.6 Å². The molecule has 0 radical (unpaired) electrons. The van der Waals surface area contributed by atoms with E-state index in [0.717, 1.165) is 6.07 Å². The molecule has 0 fully saturated rings. The maximum absolute atomic E-state index is 13.3. The maximum atomic E-state index is 13.3. The summed E-state index contributed by atoms with van der Waals surface area (Å²) in [5.74, 6) is -0.957. The van der Waals surface area contributed by atoms with Crippen molar-refractivity contribution in [1.29, 1.82) is 0 Å². The summed E-state index contributed by atoms with van der Waals surface area (Å²) in [7, 11) is 0. The molecule has 0 aromatic heterocycles. The van der Waals surface area contributed by atoms with Crippen LogP contribution in [0.25, 0.3) is 0 Å². The van der Waals surface area contributed by atoms with Crippen molar-refractivity contribution >= 4 is 11.4 Å². The topological polar surface area (TPSA) is 35.1 Å². The van der Waals surface area contributed by atoms with Gasteiger partial charge in [0.1, 0.15) is 10.6 Å². The Kier molecular flexibility index (Phi) is 5.10. The van der Waals surface area contributed by atoms with Crippen LogP contribution in [0, 0.1) is 12.7 Å². The summed E-state index contributed by atoms with van der Waals surface area (Å²) in [4.78, 5) is 0. The predicted octanol–water partition coefficient (Wildman–Crippen LogP) is 3.70. The number of hydrogen-bond acceptors (Lipinski definition) is 2. The molecule has 114 valence electrons. The molecule has 0 aliphatic carbocycles. The van der Waals surface area contributed by atoms with Crippen molar-refractivity contribution < 1.29 is 22.1 Å². The van der Waals surface area contributed by atoms with Crippen molar-refractivity contribution in [3.05, 3.63) is 34.6 Å². The van der Waals surface area contributed by atoms with Crippen LogP contribution in [0.1, 0.15) is 37.5 Å². The summed E-state index contributed by atoms with van der Waals surface area (Å²) in [6.07, 6.45) is -4.61. The average Bonchev–Trinajstić information content (AvgIpc) is 2.26. The predicted molar refractivity (Wildman–Crippen MR) is 70.9 cm³/mol. The molecule has 0 saturated heterocycles. The second-order valence-electron chi connectivity index (χ2n) is 5.44. The minimum absolute atomic E-state index is 0.0580. The van der Waals surface area contributed by atoms with Gasteiger partial charge in [-0.15, -0.1) is 4.72 Å². The fourth-order valence-electron chi connectivity index (χ4n) is 1.57. The Hall–Kier alpha value is -0.790. The van der Waals surface area contributed by atoms with Crippen molar-refractivity contribution in [1.82, 2.24) is 4.72 Å². The molecule has 1 unspecified atom stereocenters. The highest BCUT2D eigenvalue weighted by Crippen LogP contribution is 2.33. The third-order valence-electron chi connectivity index (χ3n) is 2.74. The lowest BCUT2D eigenvalue weighted by Crippen LogP contribution is -2.39. The molecule has 0 aliphatic rings. The summed E-state index contributed by atoms with van der Waals surface area (Å²) >= 11 is -1.43. The van der Waals surface area contributed by atoms with Crippen LogP contribution < -0.4 is 4.72 Å². The SMILES string of the molecule is Cc1c(CN[S+]([O-])C(C)(C)C)cc(F)cc1C(F)(F)F. The van der Waals surface area contributed by atoms with Crippen LogP contribution in [-0.4, -0.2) is 9.30 Å². The normalized spacial score (nSPS) is 14.4. The highest BCUT2D eigenvalue weighted by Gasteiger charge is 2.34. The van der Waals surface area contributed by atoms with Gasteiger partial charge in [-0.25, -0.2) is 4.39 Å². The molecular weight excluding hydrogens is 294 g/mol. The van der Waals surface area contributed by atoms with Crippen molar-refractivity contribution in [2.24, 2.45) is 0 Å². The highest BCUT2D eigenvalue weighted by molar-refractivity contribution is 7.90. The molecule has 1 atom stereocenters. The van der Waals surface area contributed by atoms with E-state index >= 15 is 0 Å². The Morgan fingerprint density at radius 1 is 1.20 bits per heavy atom. The molecule has 1 N–H and O–H groups in total. The second-order valence-corrected chi connectivity index (χ2v) is 7.49. The monoisotopic (exact) mass is 311 g/mol. The van der Waals surface area contributed by atoms with E-state index in [4.69, 9.17) is 0 Å². The Morgan fingerprint density at radius 3 is 2.20 bits per heavy atom. The molecule has 0 bridgehead atoms. The number of halogens is 4. The lowest BCUT2D eigenvalue weighted by molar-refractivity contribution is -0.138. The first-order valence-corrected chi connectivity index (χ1v) is 7.09. The fourth-order valence-corrected chi connectivity index (χ4v) is 2.29. The second kappa shape index (κ2) is 5.91. The molecule has 0 aliphatic heterocycles. The third kappa shape index (κ3) is 4.36. The first kappa shape index (κ1) is 17.3. The number of alkyl halides is 3. The smallest absolute Gasteiger partial charge is 0.416 e. The van der Waals surface area contributed by atoms with E-state index in [1.54, 1.807) is 20.8 Å². The van der Waals surface area contributed by atoms with Crippen LogP contribution in [0.5, 0.6) is 0 Å². The van der Waals surface area contributed by atoms with Crippen molar-refractivity contribution in [3.63, 3.8) is 0 Å². The lowest BCUT2D eigenvalue weighted by atomic mass is 10.0. The highest BCUT2D eigenvalue weighted by atomic mass is 32.2. The zero-order valence-electron chi connectivity index (χ0n) is 11.7. The Bertz CT molecular complexity index is 482. The molecule has 0 saturated carbocycles. The molecule has 0 heterocycles. The van der Waals surface area contributed by atoms with Crippen LogP contribution >= 0.6 is 0 Å². The molecule has 20 heavy (non-hydrogen) atoms. The van der Waals surface area contributed by atoms with Gasteiger partial charge in [-0.3, -0.25) is 0 Å². The molecule has 0 spiro atoms.